The molecule has 26 heavy (non-hydrogen) atoms. The molecule has 0 spiro atoms. The number of hydrogen-bond acceptors (Lipinski definition) is 3. The maximum atomic E-state index is 13.6. The molecule has 3 atom stereocenters. The van der Waals surface area contributed by atoms with Crippen molar-refractivity contribution in [3.63, 3.8) is 0 Å². The third-order valence-electron chi connectivity index (χ3n) is 5.03. The first-order valence-corrected chi connectivity index (χ1v) is 11.0. The number of aliphatic hydroxyl groups excluding tert-OH is 1. The van der Waals surface area contributed by atoms with Gasteiger partial charge >= 0.3 is 0 Å². The molecular formula is C21H27FO3Si. The van der Waals surface area contributed by atoms with E-state index in [0.717, 1.165) is 0 Å². The van der Waals surface area contributed by atoms with Crippen LogP contribution in [0, 0.1) is 0 Å². The molecule has 1 fully saturated rings. The van der Waals surface area contributed by atoms with Crippen LogP contribution in [0.25, 0.3) is 0 Å². The number of aliphatic hydroxyl groups is 1. The van der Waals surface area contributed by atoms with Crippen LogP contribution >= 0.6 is 0 Å². The van der Waals surface area contributed by atoms with Crippen molar-refractivity contribution in [1.82, 2.24) is 0 Å². The van der Waals surface area contributed by atoms with Crippen molar-refractivity contribution < 1.29 is 18.7 Å². The second-order valence-electron chi connectivity index (χ2n) is 7.87. The van der Waals surface area contributed by atoms with E-state index in [9.17, 15) is 9.50 Å². The summed E-state index contributed by atoms with van der Waals surface area (Å²) in [5, 5.41) is 11.8. The lowest BCUT2D eigenvalue weighted by molar-refractivity contribution is -0.118. The smallest absolute Gasteiger partial charge is 0.261 e. The lowest BCUT2D eigenvalue weighted by Crippen LogP contribution is -2.67. The Morgan fingerprint density at radius 3 is 1.92 bits per heavy atom. The van der Waals surface area contributed by atoms with Gasteiger partial charge < -0.3 is 14.3 Å². The average molecular weight is 375 g/mol. The quantitative estimate of drug-likeness (QED) is 0.818. The Balaban J connectivity index is 2.00. The predicted molar refractivity (Wildman–Crippen MR) is 104 cm³/mol. The number of rotatable bonds is 5. The molecule has 140 valence electrons. The third-order valence-corrected chi connectivity index (χ3v) is 10.0. The molecular weight excluding hydrogens is 347 g/mol. The zero-order valence-corrected chi connectivity index (χ0v) is 16.6. The highest BCUT2D eigenvalue weighted by Gasteiger charge is 2.51. The van der Waals surface area contributed by atoms with Crippen molar-refractivity contribution in [2.24, 2.45) is 0 Å². The number of ether oxygens (including phenoxy) is 1. The molecule has 1 heterocycles. The van der Waals surface area contributed by atoms with Gasteiger partial charge in [-0.05, 0) is 15.4 Å². The van der Waals surface area contributed by atoms with Crippen molar-refractivity contribution in [3.05, 3.63) is 60.7 Å². The second kappa shape index (κ2) is 7.60. The molecule has 1 unspecified atom stereocenters. The van der Waals surface area contributed by atoms with Crippen LogP contribution in [-0.4, -0.2) is 38.6 Å². The van der Waals surface area contributed by atoms with Gasteiger partial charge in [0.2, 0.25) is 0 Å². The molecule has 5 heteroatoms. The van der Waals surface area contributed by atoms with E-state index in [1.54, 1.807) is 0 Å². The lowest BCUT2D eigenvalue weighted by atomic mass is 10.2. The SMILES string of the molecule is CC(C)(C)[Si](OC[C@@H]1C[C@@H](F)C(O)O1)(c1ccccc1)c1ccccc1. The molecule has 3 nitrogen and oxygen atoms in total. The topological polar surface area (TPSA) is 38.7 Å². The van der Waals surface area contributed by atoms with Gasteiger partial charge in [-0.2, -0.15) is 0 Å². The van der Waals surface area contributed by atoms with E-state index in [-0.39, 0.29) is 18.1 Å². The summed E-state index contributed by atoms with van der Waals surface area (Å²) in [7, 11) is -2.64. The second-order valence-corrected chi connectivity index (χ2v) is 12.2. The zero-order valence-electron chi connectivity index (χ0n) is 15.6. The summed E-state index contributed by atoms with van der Waals surface area (Å²) in [6, 6.07) is 20.6. The summed E-state index contributed by atoms with van der Waals surface area (Å²) in [5.41, 5.74) is 0. The van der Waals surface area contributed by atoms with Gasteiger partial charge in [-0.15, -0.1) is 0 Å². The van der Waals surface area contributed by atoms with E-state index >= 15 is 0 Å². The Hall–Kier alpha value is -1.53. The third kappa shape index (κ3) is 3.62. The molecule has 0 saturated carbocycles. The molecule has 0 bridgehead atoms. The Bertz CT molecular complexity index is 653. The number of hydrogen-bond donors (Lipinski definition) is 1. The first kappa shape index (κ1) is 19.2. The fourth-order valence-electron chi connectivity index (χ4n) is 3.79. The van der Waals surface area contributed by atoms with Gasteiger partial charge in [0.05, 0.1) is 12.7 Å². The molecule has 2 aromatic rings. The Kier molecular flexibility index (Phi) is 5.63. The van der Waals surface area contributed by atoms with Crippen LogP contribution in [0.3, 0.4) is 0 Å². The molecule has 2 aromatic carbocycles. The van der Waals surface area contributed by atoms with Crippen LogP contribution in [0.4, 0.5) is 4.39 Å². The summed E-state index contributed by atoms with van der Waals surface area (Å²) in [5.74, 6) is 0. The lowest BCUT2D eigenvalue weighted by Gasteiger charge is -2.43. The van der Waals surface area contributed by atoms with E-state index in [2.05, 4.69) is 45.0 Å². The first-order chi connectivity index (χ1) is 12.3. The van der Waals surface area contributed by atoms with Crippen molar-refractivity contribution >= 4 is 18.7 Å². The van der Waals surface area contributed by atoms with Crippen molar-refractivity contribution in [2.45, 2.75) is 50.8 Å². The van der Waals surface area contributed by atoms with Gasteiger partial charge in [-0.1, -0.05) is 81.4 Å². The van der Waals surface area contributed by atoms with E-state index < -0.39 is 26.9 Å². The van der Waals surface area contributed by atoms with Crippen LogP contribution in [0.5, 0.6) is 0 Å². The highest BCUT2D eigenvalue weighted by molar-refractivity contribution is 6.99. The normalized spacial score (nSPS) is 24.0. The van der Waals surface area contributed by atoms with Crippen LogP contribution in [0.15, 0.2) is 60.7 Å². The summed E-state index contributed by atoms with van der Waals surface area (Å²) in [6.45, 7) is 6.86. The van der Waals surface area contributed by atoms with Crippen LogP contribution in [-0.2, 0) is 9.16 Å². The summed E-state index contributed by atoms with van der Waals surface area (Å²) in [4.78, 5) is 0. The van der Waals surface area contributed by atoms with Crippen molar-refractivity contribution in [2.75, 3.05) is 6.61 Å². The molecule has 1 aliphatic rings. The molecule has 0 radical (unpaired) electrons. The van der Waals surface area contributed by atoms with E-state index in [1.165, 1.54) is 10.4 Å². The fraction of sp³-hybridized carbons (Fsp3) is 0.429. The van der Waals surface area contributed by atoms with Gasteiger partial charge in [0.15, 0.2) is 12.5 Å². The van der Waals surface area contributed by atoms with E-state index in [4.69, 9.17) is 9.16 Å². The number of benzene rings is 2. The number of alkyl halides is 1. The highest BCUT2D eigenvalue weighted by atomic mass is 28.4. The minimum atomic E-state index is -2.64. The van der Waals surface area contributed by atoms with Crippen molar-refractivity contribution in [1.29, 1.82) is 0 Å². The van der Waals surface area contributed by atoms with E-state index in [1.807, 2.05) is 36.4 Å². The maximum Gasteiger partial charge on any atom is 0.261 e. The molecule has 1 N–H and O–H groups in total. The summed E-state index contributed by atoms with van der Waals surface area (Å²) >= 11 is 0. The Morgan fingerprint density at radius 2 is 1.54 bits per heavy atom. The standard InChI is InChI=1S/C21H27FO3Si/c1-21(2,3)26(17-10-6-4-7-11-17,18-12-8-5-9-13-18)24-15-16-14-19(22)20(23)25-16/h4-13,16,19-20,23H,14-15H2,1-3H3/t16-,19+,20?/m0/s1. The molecule has 0 amide bonds. The average Bonchev–Trinajstić information content (AvgIpc) is 2.94. The summed E-state index contributed by atoms with van der Waals surface area (Å²) in [6.07, 6.45) is -2.95. The molecule has 0 aromatic heterocycles. The van der Waals surface area contributed by atoms with Gasteiger partial charge in [-0.25, -0.2) is 4.39 Å². The van der Waals surface area contributed by atoms with Gasteiger partial charge in [0.1, 0.15) is 0 Å². The van der Waals surface area contributed by atoms with Crippen LogP contribution < -0.4 is 10.4 Å². The molecule has 3 rings (SSSR count). The van der Waals surface area contributed by atoms with Gasteiger partial charge in [0.25, 0.3) is 8.32 Å². The predicted octanol–water partition coefficient (Wildman–Crippen LogP) is 3.01. The monoisotopic (exact) mass is 374 g/mol. The molecule has 1 aliphatic heterocycles. The summed E-state index contributed by atoms with van der Waals surface area (Å²) < 4.78 is 25.7. The minimum Gasteiger partial charge on any atom is -0.405 e. The number of halogens is 1. The van der Waals surface area contributed by atoms with Gasteiger partial charge in [-0.3, -0.25) is 0 Å². The minimum absolute atomic E-state index is 0.137. The van der Waals surface area contributed by atoms with Gasteiger partial charge in [0, 0.05) is 6.42 Å². The zero-order chi connectivity index (χ0) is 18.8. The first-order valence-electron chi connectivity index (χ1n) is 9.07. The molecule has 0 aliphatic carbocycles. The Labute approximate surface area is 155 Å². The largest absolute Gasteiger partial charge is 0.405 e. The highest BCUT2D eigenvalue weighted by Crippen LogP contribution is 2.37. The fourth-order valence-corrected chi connectivity index (χ4v) is 8.38. The Morgan fingerprint density at radius 1 is 1.04 bits per heavy atom. The molecule has 1 saturated heterocycles. The van der Waals surface area contributed by atoms with Crippen LogP contribution in [0.1, 0.15) is 27.2 Å². The van der Waals surface area contributed by atoms with E-state index in [0.29, 0.717) is 0 Å². The maximum absolute atomic E-state index is 13.6. The van der Waals surface area contributed by atoms with Crippen LogP contribution in [0.2, 0.25) is 5.04 Å². The van der Waals surface area contributed by atoms with Crippen molar-refractivity contribution in [3.8, 4) is 0 Å².